The van der Waals surface area contributed by atoms with Crippen LogP contribution in [0.5, 0.6) is 0 Å². The molecule has 5 rings (SSSR count). The Bertz CT molecular complexity index is 1410. The van der Waals surface area contributed by atoms with Crippen molar-refractivity contribution in [1.29, 1.82) is 0 Å². The molecule has 0 saturated carbocycles. The van der Waals surface area contributed by atoms with E-state index in [1.165, 1.54) is 12.1 Å². The van der Waals surface area contributed by atoms with Gasteiger partial charge in [-0.3, -0.25) is 0 Å². The molecule has 3 aromatic carbocycles. The van der Waals surface area contributed by atoms with Crippen LogP contribution in [0.4, 0.5) is 13.2 Å². The van der Waals surface area contributed by atoms with E-state index in [9.17, 15) is 13.2 Å². The van der Waals surface area contributed by atoms with E-state index < -0.39 is 11.7 Å². The molecule has 0 aliphatic heterocycles. The van der Waals surface area contributed by atoms with Crippen LogP contribution in [0.2, 0.25) is 0 Å². The Morgan fingerprint density at radius 2 is 1.53 bits per heavy atom. The number of rotatable bonds is 7. The molecule has 2 heterocycles. The summed E-state index contributed by atoms with van der Waals surface area (Å²) < 4.78 is 42.1. The molecule has 1 unspecified atom stereocenters. The van der Waals surface area contributed by atoms with E-state index in [4.69, 9.17) is 0 Å². The molecule has 0 saturated heterocycles. The second kappa shape index (κ2) is 9.05. The van der Waals surface area contributed by atoms with E-state index in [1.54, 1.807) is 12.1 Å². The van der Waals surface area contributed by atoms with Crippen molar-refractivity contribution in [1.82, 2.24) is 9.55 Å². The SMILES string of the molecule is CCCCCn1cc(C(c2ccc(C(F)(F)F)cc2)c2c[nH]c3ccccc23)c2ccccc21. The number of alkyl halides is 3. The second-order valence-electron chi connectivity index (χ2n) is 8.84. The maximum absolute atomic E-state index is 13.3. The number of halogens is 3. The van der Waals surface area contributed by atoms with Gasteiger partial charge in [-0.05, 0) is 47.4 Å². The molecule has 0 amide bonds. The minimum absolute atomic E-state index is 0.198. The monoisotopic (exact) mass is 460 g/mol. The number of fused-ring (bicyclic) bond motifs is 2. The highest BCUT2D eigenvalue weighted by Gasteiger charge is 2.31. The second-order valence-corrected chi connectivity index (χ2v) is 8.84. The van der Waals surface area contributed by atoms with Gasteiger partial charge in [0, 0.05) is 46.7 Å². The Morgan fingerprint density at radius 3 is 2.26 bits per heavy atom. The van der Waals surface area contributed by atoms with Gasteiger partial charge in [0.15, 0.2) is 0 Å². The van der Waals surface area contributed by atoms with Crippen LogP contribution < -0.4 is 0 Å². The summed E-state index contributed by atoms with van der Waals surface area (Å²) >= 11 is 0. The lowest BCUT2D eigenvalue weighted by Crippen LogP contribution is -2.07. The van der Waals surface area contributed by atoms with Crippen LogP contribution in [0.3, 0.4) is 0 Å². The van der Waals surface area contributed by atoms with Crippen molar-refractivity contribution in [3.05, 3.63) is 107 Å². The number of H-pyrrole nitrogens is 1. The predicted octanol–water partition coefficient (Wildman–Crippen LogP) is 8.51. The van der Waals surface area contributed by atoms with Gasteiger partial charge in [-0.1, -0.05) is 68.3 Å². The molecule has 0 fully saturated rings. The number of aryl methyl sites for hydroxylation is 1. The van der Waals surface area contributed by atoms with Crippen molar-refractivity contribution < 1.29 is 13.2 Å². The number of nitrogens with one attached hydrogen (secondary N) is 1. The third kappa shape index (κ3) is 4.11. The standard InChI is InChI=1S/C29H27F3N2/c1-2-3-8-17-34-19-25(23-10-5-7-12-27(23)34)28(20-13-15-21(16-14-20)29(30,31)32)24-18-33-26-11-6-4-9-22(24)26/h4-7,9-16,18-19,28,33H,2-3,8,17H2,1H3. The Hall–Kier alpha value is -3.47. The average Bonchev–Trinajstić information content (AvgIpc) is 3.42. The van der Waals surface area contributed by atoms with Gasteiger partial charge in [0.2, 0.25) is 0 Å². The van der Waals surface area contributed by atoms with Crippen molar-refractivity contribution in [3.63, 3.8) is 0 Å². The number of benzene rings is 3. The first-order valence-corrected chi connectivity index (χ1v) is 11.8. The van der Waals surface area contributed by atoms with Crippen LogP contribution in [0.1, 0.15) is 54.4 Å². The number of hydrogen-bond acceptors (Lipinski definition) is 0. The number of para-hydroxylation sites is 2. The molecule has 5 aromatic rings. The number of nitrogens with zero attached hydrogens (tertiary/aromatic N) is 1. The van der Waals surface area contributed by atoms with Gasteiger partial charge in [0.05, 0.1) is 5.56 Å². The summed E-state index contributed by atoms with van der Waals surface area (Å²) in [4.78, 5) is 3.35. The van der Waals surface area contributed by atoms with Crippen molar-refractivity contribution in [3.8, 4) is 0 Å². The molecule has 0 radical (unpaired) electrons. The van der Waals surface area contributed by atoms with E-state index in [1.807, 2.05) is 36.5 Å². The van der Waals surface area contributed by atoms with Crippen LogP contribution in [0, 0.1) is 0 Å². The Balaban J connectivity index is 1.70. The summed E-state index contributed by atoms with van der Waals surface area (Å²) in [6.07, 6.45) is 3.24. The largest absolute Gasteiger partial charge is 0.416 e. The molecule has 0 bridgehead atoms. The van der Waals surface area contributed by atoms with Crippen LogP contribution in [-0.4, -0.2) is 9.55 Å². The third-order valence-corrected chi connectivity index (χ3v) is 6.64. The molecule has 1 atom stereocenters. The number of hydrogen-bond donors (Lipinski definition) is 1. The zero-order chi connectivity index (χ0) is 23.7. The highest BCUT2D eigenvalue weighted by molar-refractivity contribution is 5.89. The highest BCUT2D eigenvalue weighted by Crippen LogP contribution is 2.41. The fourth-order valence-electron chi connectivity index (χ4n) is 4.95. The highest BCUT2D eigenvalue weighted by atomic mass is 19.4. The van der Waals surface area contributed by atoms with Crippen LogP contribution in [-0.2, 0) is 12.7 Å². The maximum atomic E-state index is 13.3. The summed E-state index contributed by atoms with van der Waals surface area (Å²) in [6, 6.07) is 22.0. The Labute approximate surface area is 197 Å². The Morgan fingerprint density at radius 1 is 0.824 bits per heavy atom. The fourth-order valence-corrected chi connectivity index (χ4v) is 4.95. The molecular weight excluding hydrogens is 433 g/mol. The van der Waals surface area contributed by atoms with E-state index in [0.29, 0.717) is 0 Å². The summed E-state index contributed by atoms with van der Waals surface area (Å²) in [7, 11) is 0. The maximum Gasteiger partial charge on any atom is 0.416 e. The minimum atomic E-state index is -4.36. The smallest absolute Gasteiger partial charge is 0.361 e. The first-order chi connectivity index (χ1) is 16.5. The molecular formula is C29H27F3N2. The molecule has 0 aliphatic carbocycles. The van der Waals surface area contributed by atoms with Gasteiger partial charge in [-0.2, -0.15) is 13.2 Å². The summed E-state index contributed by atoms with van der Waals surface area (Å²) in [5, 5.41) is 2.21. The first-order valence-electron chi connectivity index (χ1n) is 11.8. The number of unbranched alkanes of at least 4 members (excludes halogenated alkanes) is 2. The van der Waals surface area contributed by atoms with Crippen molar-refractivity contribution in [2.24, 2.45) is 0 Å². The first kappa shape index (κ1) is 22.3. The van der Waals surface area contributed by atoms with Gasteiger partial charge in [-0.25, -0.2) is 0 Å². The predicted molar refractivity (Wildman–Crippen MR) is 132 cm³/mol. The Kier molecular flexibility index (Phi) is 5.94. The normalized spacial score (nSPS) is 13.1. The van der Waals surface area contributed by atoms with Gasteiger partial charge >= 0.3 is 6.18 Å². The van der Waals surface area contributed by atoms with Gasteiger partial charge in [0.1, 0.15) is 0 Å². The lowest BCUT2D eigenvalue weighted by molar-refractivity contribution is -0.137. The van der Waals surface area contributed by atoms with Gasteiger partial charge in [0.25, 0.3) is 0 Å². The van der Waals surface area contributed by atoms with E-state index in [0.717, 1.165) is 64.3 Å². The molecule has 5 heteroatoms. The van der Waals surface area contributed by atoms with Crippen molar-refractivity contribution in [2.45, 2.75) is 44.8 Å². The summed E-state index contributed by atoms with van der Waals surface area (Å²) in [5.74, 6) is -0.198. The summed E-state index contributed by atoms with van der Waals surface area (Å²) in [5.41, 5.74) is 4.56. The van der Waals surface area contributed by atoms with Crippen LogP contribution in [0.25, 0.3) is 21.8 Å². The molecule has 2 aromatic heterocycles. The summed E-state index contributed by atoms with van der Waals surface area (Å²) in [6.45, 7) is 3.11. The molecule has 0 spiro atoms. The molecule has 2 nitrogen and oxygen atoms in total. The van der Waals surface area contributed by atoms with Gasteiger partial charge in [-0.15, -0.1) is 0 Å². The topological polar surface area (TPSA) is 20.7 Å². The van der Waals surface area contributed by atoms with Crippen molar-refractivity contribution >= 4 is 21.8 Å². The van der Waals surface area contributed by atoms with Crippen molar-refractivity contribution in [2.75, 3.05) is 0 Å². The van der Waals surface area contributed by atoms with Crippen LogP contribution in [0.15, 0.2) is 85.2 Å². The number of aromatic nitrogens is 2. The zero-order valence-electron chi connectivity index (χ0n) is 19.1. The lowest BCUT2D eigenvalue weighted by Gasteiger charge is -2.18. The quantitative estimate of drug-likeness (QED) is 0.235. The molecule has 174 valence electrons. The van der Waals surface area contributed by atoms with E-state index in [-0.39, 0.29) is 5.92 Å². The minimum Gasteiger partial charge on any atom is -0.361 e. The van der Waals surface area contributed by atoms with Crippen LogP contribution >= 0.6 is 0 Å². The zero-order valence-corrected chi connectivity index (χ0v) is 19.1. The molecule has 1 N–H and O–H groups in total. The fraction of sp³-hybridized carbons (Fsp3) is 0.241. The number of aromatic amines is 1. The van der Waals surface area contributed by atoms with E-state index in [2.05, 4.69) is 40.9 Å². The molecule has 34 heavy (non-hydrogen) atoms. The van der Waals surface area contributed by atoms with Gasteiger partial charge < -0.3 is 9.55 Å². The average molecular weight is 461 g/mol. The molecule has 0 aliphatic rings. The van der Waals surface area contributed by atoms with E-state index >= 15 is 0 Å². The lowest BCUT2D eigenvalue weighted by atomic mass is 9.84. The third-order valence-electron chi connectivity index (χ3n) is 6.64.